The van der Waals surface area contributed by atoms with Gasteiger partial charge in [-0.3, -0.25) is 5.10 Å². The third-order valence-electron chi connectivity index (χ3n) is 3.60. The van der Waals surface area contributed by atoms with Crippen molar-refractivity contribution in [1.82, 2.24) is 25.0 Å². The lowest BCUT2D eigenvalue weighted by atomic mass is 10.1. The van der Waals surface area contributed by atoms with Crippen LogP contribution in [0.1, 0.15) is 5.56 Å². The minimum absolute atomic E-state index is 0.178. The molecule has 3 heterocycles. The van der Waals surface area contributed by atoms with E-state index >= 15 is 0 Å². The Bertz CT molecular complexity index is 958. The van der Waals surface area contributed by atoms with Crippen molar-refractivity contribution in [3.63, 3.8) is 0 Å². The zero-order valence-corrected chi connectivity index (χ0v) is 12.1. The fraction of sp³-hybridized carbons (Fsp3) is 0.0625. The van der Waals surface area contributed by atoms with E-state index in [0.717, 1.165) is 22.2 Å². The van der Waals surface area contributed by atoms with Crippen LogP contribution >= 0.6 is 0 Å². The van der Waals surface area contributed by atoms with Gasteiger partial charge in [0.1, 0.15) is 0 Å². The average molecular weight is 308 g/mol. The van der Waals surface area contributed by atoms with E-state index in [1.54, 1.807) is 24.7 Å². The molecule has 0 saturated carbocycles. The highest BCUT2D eigenvalue weighted by atomic mass is 19.1. The van der Waals surface area contributed by atoms with Crippen LogP contribution in [-0.4, -0.2) is 25.0 Å². The molecule has 114 valence electrons. The first-order valence-electron chi connectivity index (χ1n) is 7.12. The first-order valence-corrected chi connectivity index (χ1v) is 7.12. The monoisotopic (exact) mass is 308 g/mol. The molecule has 23 heavy (non-hydrogen) atoms. The van der Waals surface area contributed by atoms with E-state index in [4.69, 9.17) is 0 Å². The van der Waals surface area contributed by atoms with Gasteiger partial charge < -0.3 is 5.32 Å². The number of nitrogens with one attached hydrogen (secondary N) is 2. The van der Waals surface area contributed by atoms with Crippen molar-refractivity contribution in [3.05, 3.63) is 66.5 Å². The number of aromatic amines is 1. The third kappa shape index (κ3) is 2.52. The van der Waals surface area contributed by atoms with Gasteiger partial charge in [0, 0.05) is 18.1 Å². The molecule has 4 rings (SSSR count). The molecule has 0 atom stereocenters. The number of fused-ring (bicyclic) bond motifs is 1. The van der Waals surface area contributed by atoms with E-state index in [9.17, 15) is 4.39 Å². The molecule has 0 radical (unpaired) electrons. The number of nitrogens with zero attached hydrogens (tertiary/aromatic N) is 4. The van der Waals surface area contributed by atoms with Crippen LogP contribution in [0, 0.1) is 5.82 Å². The topological polar surface area (TPSA) is 71.4 Å². The molecule has 0 aliphatic carbocycles. The summed E-state index contributed by atoms with van der Waals surface area (Å²) >= 11 is 0. The van der Waals surface area contributed by atoms with Crippen LogP contribution in [0.2, 0.25) is 0 Å². The fourth-order valence-electron chi connectivity index (χ4n) is 2.46. The predicted octanol–water partition coefficient (Wildman–Crippen LogP) is 2.89. The van der Waals surface area contributed by atoms with Gasteiger partial charge in [-0.25, -0.2) is 14.1 Å². The summed E-state index contributed by atoms with van der Waals surface area (Å²) in [7, 11) is 0. The molecule has 1 aromatic carbocycles. The molecule has 4 aromatic rings. The first kappa shape index (κ1) is 13.4. The number of benzene rings is 1. The number of pyridine rings is 1. The second-order valence-corrected chi connectivity index (χ2v) is 5.08. The Morgan fingerprint density at radius 1 is 1.17 bits per heavy atom. The molecule has 0 amide bonds. The van der Waals surface area contributed by atoms with Gasteiger partial charge in [0.15, 0.2) is 11.6 Å². The average Bonchev–Trinajstić information content (AvgIpc) is 3.22. The van der Waals surface area contributed by atoms with Crippen molar-refractivity contribution in [1.29, 1.82) is 0 Å². The molecule has 7 heteroatoms. The number of hydrogen-bond donors (Lipinski definition) is 2. The summed E-state index contributed by atoms with van der Waals surface area (Å²) in [4.78, 5) is 4.00. The van der Waals surface area contributed by atoms with E-state index in [-0.39, 0.29) is 5.82 Å². The molecule has 0 fully saturated rings. The third-order valence-corrected chi connectivity index (χ3v) is 3.60. The maximum atomic E-state index is 13.7. The number of halogens is 1. The van der Waals surface area contributed by atoms with E-state index in [0.29, 0.717) is 6.54 Å². The highest BCUT2D eigenvalue weighted by Gasteiger charge is 2.08. The van der Waals surface area contributed by atoms with Gasteiger partial charge in [-0.2, -0.15) is 10.2 Å². The van der Waals surface area contributed by atoms with Crippen molar-refractivity contribution in [3.8, 4) is 5.82 Å². The Labute approximate surface area is 131 Å². The van der Waals surface area contributed by atoms with E-state index in [1.807, 2.05) is 18.2 Å². The molecular weight excluding hydrogens is 295 g/mol. The van der Waals surface area contributed by atoms with Gasteiger partial charge in [0.05, 0.1) is 29.8 Å². The standard InChI is InChI=1S/C16H13FN6/c17-14-4-2-6-18-16(14)23-10-12(8-21-23)19-7-11-3-1-5-15-13(11)9-20-22-15/h1-6,8-10,19H,7H2,(H,20,22). The number of anilines is 1. The maximum Gasteiger partial charge on any atom is 0.189 e. The zero-order chi connectivity index (χ0) is 15.6. The Balaban J connectivity index is 1.54. The second-order valence-electron chi connectivity index (χ2n) is 5.08. The molecule has 0 spiro atoms. The van der Waals surface area contributed by atoms with Crippen LogP contribution in [0.5, 0.6) is 0 Å². The van der Waals surface area contributed by atoms with Crippen LogP contribution in [0.25, 0.3) is 16.7 Å². The van der Waals surface area contributed by atoms with Gasteiger partial charge in [-0.05, 0) is 23.8 Å². The Hall–Kier alpha value is -3.22. The fourth-order valence-corrected chi connectivity index (χ4v) is 2.46. The maximum absolute atomic E-state index is 13.7. The minimum Gasteiger partial charge on any atom is -0.378 e. The molecule has 6 nitrogen and oxygen atoms in total. The quantitative estimate of drug-likeness (QED) is 0.608. The largest absolute Gasteiger partial charge is 0.378 e. The molecule has 3 aromatic heterocycles. The number of hydrogen-bond acceptors (Lipinski definition) is 4. The van der Waals surface area contributed by atoms with Crippen molar-refractivity contribution >= 4 is 16.6 Å². The Morgan fingerprint density at radius 3 is 3.04 bits per heavy atom. The van der Waals surface area contributed by atoms with E-state index in [1.165, 1.54) is 16.9 Å². The van der Waals surface area contributed by atoms with Crippen LogP contribution in [0.15, 0.2) is 55.1 Å². The summed E-state index contributed by atoms with van der Waals surface area (Å²) in [6, 6.07) is 8.90. The van der Waals surface area contributed by atoms with Crippen molar-refractivity contribution in [2.75, 3.05) is 5.32 Å². The molecule has 0 aliphatic heterocycles. The Kier molecular flexibility index (Phi) is 3.23. The van der Waals surface area contributed by atoms with Crippen LogP contribution in [0.4, 0.5) is 10.1 Å². The summed E-state index contributed by atoms with van der Waals surface area (Å²) in [5.41, 5.74) is 2.90. The predicted molar refractivity (Wildman–Crippen MR) is 84.7 cm³/mol. The second kappa shape index (κ2) is 5.53. The number of H-pyrrole nitrogens is 1. The van der Waals surface area contributed by atoms with Gasteiger partial charge >= 0.3 is 0 Å². The van der Waals surface area contributed by atoms with Crippen molar-refractivity contribution in [2.45, 2.75) is 6.54 Å². The minimum atomic E-state index is -0.412. The van der Waals surface area contributed by atoms with Crippen molar-refractivity contribution < 1.29 is 4.39 Å². The summed E-state index contributed by atoms with van der Waals surface area (Å²) in [6.45, 7) is 0.618. The van der Waals surface area contributed by atoms with Gasteiger partial charge in [-0.15, -0.1) is 0 Å². The lowest BCUT2D eigenvalue weighted by molar-refractivity contribution is 0.600. The van der Waals surface area contributed by atoms with Crippen LogP contribution in [0.3, 0.4) is 0 Å². The summed E-state index contributed by atoms with van der Waals surface area (Å²) in [6.07, 6.45) is 6.69. The first-order chi connectivity index (χ1) is 11.3. The number of aromatic nitrogens is 5. The summed E-state index contributed by atoms with van der Waals surface area (Å²) in [5.74, 6) is -0.234. The highest BCUT2D eigenvalue weighted by molar-refractivity contribution is 5.81. The molecule has 2 N–H and O–H groups in total. The van der Waals surface area contributed by atoms with Gasteiger partial charge in [0.25, 0.3) is 0 Å². The summed E-state index contributed by atoms with van der Waals surface area (Å²) in [5, 5.41) is 15.5. The van der Waals surface area contributed by atoms with Crippen LogP contribution < -0.4 is 5.32 Å². The highest BCUT2D eigenvalue weighted by Crippen LogP contribution is 2.18. The molecular formula is C16H13FN6. The van der Waals surface area contributed by atoms with Crippen molar-refractivity contribution in [2.24, 2.45) is 0 Å². The molecule has 0 unspecified atom stereocenters. The van der Waals surface area contributed by atoms with E-state index in [2.05, 4.69) is 25.6 Å². The lowest BCUT2D eigenvalue weighted by Gasteiger charge is -2.05. The smallest absolute Gasteiger partial charge is 0.189 e. The molecule has 0 saturated heterocycles. The zero-order valence-electron chi connectivity index (χ0n) is 12.1. The Morgan fingerprint density at radius 2 is 2.13 bits per heavy atom. The number of rotatable bonds is 4. The van der Waals surface area contributed by atoms with Gasteiger partial charge in [0.2, 0.25) is 0 Å². The van der Waals surface area contributed by atoms with Crippen LogP contribution in [-0.2, 0) is 6.54 Å². The SMILES string of the molecule is Fc1cccnc1-n1cc(NCc2cccc3[nH]ncc23)cn1. The molecule has 0 aliphatic rings. The molecule has 0 bridgehead atoms. The van der Waals surface area contributed by atoms with Gasteiger partial charge in [-0.1, -0.05) is 12.1 Å². The summed E-state index contributed by atoms with van der Waals surface area (Å²) < 4.78 is 15.1. The lowest BCUT2D eigenvalue weighted by Crippen LogP contribution is -2.01. The van der Waals surface area contributed by atoms with E-state index < -0.39 is 5.82 Å². The normalized spacial score (nSPS) is 11.0.